The first-order valence-corrected chi connectivity index (χ1v) is 13.4. The summed E-state index contributed by atoms with van der Waals surface area (Å²) in [6, 6.07) is 2.51. The Morgan fingerprint density at radius 2 is 1.90 bits per heavy atom. The molecule has 16 heteroatoms. The largest absolute Gasteiger partial charge is 0.573 e. The number of alkyl halides is 3. The molecule has 0 fully saturated rings. The number of aliphatic hydroxyl groups is 1. The fraction of sp³-hybridized carbons (Fsp3) is 0.478. The van der Waals surface area contributed by atoms with E-state index in [2.05, 4.69) is 29.6 Å². The van der Waals surface area contributed by atoms with E-state index in [9.17, 15) is 26.7 Å². The normalized spacial score (nSPS) is 17.0. The maximum Gasteiger partial charge on any atom is 0.573 e. The lowest BCUT2D eigenvalue weighted by molar-refractivity contribution is -0.274. The molecule has 3 aromatic rings. The van der Waals surface area contributed by atoms with Gasteiger partial charge in [-0.3, -0.25) is 9.29 Å². The Labute approximate surface area is 222 Å². The Hall–Kier alpha value is -3.50. The van der Waals surface area contributed by atoms with Gasteiger partial charge in [-0.15, -0.1) is 23.4 Å². The summed E-state index contributed by atoms with van der Waals surface area (Å²) in [5, 5.41) is 16.7. The third-order valence-corrected chi connectivity index (χ3v) is 7.45. The van der Waals surface area contributed by atoms with Crippen LogP contribution in [0.4, 0.5) is 19.1 Å². The molecule has 2 N–H and O–H groups in total. The van der Waals surface area contributed by atoms with Crippen molar-refractivity contribution in [1.82, 2.24) is 24.7 Å². The first-order valence-electron chi connectivity index (χ1n) is 11.8. The average Bonchev–Trinajstić information content (AvgIpc) is 3.17. The molecular formula is C23H27F3N6O6S. The summed E-state index contributed by atoms with van der Waals surface area (Å²) < 4.78 is 84.6. The standard InChI is InChI=1S/C23H27F3N6O6S/c1-12(2)37-19(20-27-8-13(3)9-28-20)14(4)39(34,35)31-22-30-29-21-17-7-16(38-23(24,25)26)5-6-18(17)36-11-15(10-33)32(21)22/h5-9,12,14-15,19,33H,10-11H2,1-4H3,(H,30,31)/t14?,15-,19?/m1/s1. The summed E-state index contributed by atoms with van der Waals surface area (Å²) in [6.45, 7) is 6.04. The van der Waals surface area contributed by atoms with Gasteiger partial charge in [0.25, 0.3) is 0 Å². The number of hydrogen-bond acceptors (Lipinski definition) is 10. The van der Waals surface area contributed by atoms with Crippen LogP contribution in [0, 0.1) is 6.92 Å². The topological polar surface area (TPSA) is 151 Å². The van der Waals surface area contributed by atoms with Gasteiger partial charge in [0, 0.05) is 12.4 Å². The minimum Gasteiger partial charge on any atom is -0.491 e. The number of aliphatic hydroxyl groups excluding tert-OH is 1. The number of nitrogens with one attached hydrogen (secondary N) is 1. The Bertz CT molecular complexity index is 1410. The summed E-state index contributed by atoms with van der Waals surface area (Å²) >= 11 is 0. The minimum absolute atomic E-state index is 0.0311. The van der Waals surface area contributed by atoms with Crippen molar-refractivity contribution < 1.29 is 40.9 Å². The number of aromatic nitrogens is 5. The van der Waals surface area contributed by atoms with Crippen molar-refractivity contribution in [2.24, 2.45) is 0 Å². The Morgan fingerprint density at radius 1 is 1.21 bits per heavy atom. The summed E-state index contributed by atoms with van der Waals surface area (Å²) in [5.74, 6) is -0.526. The molecule has 0 saturated heterocycles. The first-order chi connectivity index (χ1) is 18.3. The third kappa shape index (κ3) is 6.39. The molecule has 3 heterocycles. The lowest BCUT2D eigenvalue weighted by Crippen LogP contribution is -2.35. The van der Waals surface area contributed by atoms with Gasteiger partial charge in [-0.05, 0) is 51.5 Å². The molecular weight excluding hydrogens is 545 g/mol. The number of fused-ring (bicyclic) bond motifs is 3. The van der Waals surface area contributed by atoms with Gasteiger partial charge in [-0.2, -0.15) is 0 Å². The molecule has 0 amide bonds. The van der Waals surface area contributed by atoms with Crippen LogP contribution in [0.15, 0.2) is 30.6 Å². The molecule has 2 aromatic heterocycles. The quantitative estimate of drug-likeness (QED) is 0.391. The predicted molar refractivity (Wildman–Crippen MR) is 131 cm³/mol. The molecule has 1 aliphatic heterocycles. The lowest BCUT2D eigenvalue weighted by Gasteiger charge is -2.26. The van der Waals surface area contributed by atoms with Gasteiger partial charge in [0.15, 0.2) is 11.6 Å². The highest BCUT2D eigenvalue weighted by molar-refractivity contribution is 7.93. The summed E-state index contributed by atoms with van der Waals surface area (Å²) in [5.41, 5.74) is 0.843. The van der Waals surface area contributed by atoms with Crippen molar-refractivity contribution in [2.75, 3.05) is 17.9 Å². The molecule has 1 aromatic carbocycles. The minimum atomic E-state index is -4.94. The van der Waals surface area contributed by atoms with E-state index >= 15 is 0 Å². The Morgan fingerprint density at radius 3 is 2.51 bits per heavy atom. The number of sulfonamides is 1. The fourth-order valence-corrected chi connectivity index (χ4v) is 4.99. The van der Waals surface area contributed by atoms with Crippen molar-refractivity contribution in [1.29, 1.82) is 0 Å². The summed E-state index contributed by atoms with van der Waals surface area (Å²) in [6.07, 6.45) is -3.25. The molecule has 2 unspecified atom stereocenters. The van der Waals surface area contributed by atoms with Crippen LogP contribution in [0.3, 0.4) is 0 Å². The van der Waals surface area contributed by atoms with Gasteiger partial charge >= 0.3 is 6.36 Å². The summed E-state index contributed by atoms with van der Waals surface area (Å²) in [4.78, 5) is 8.45. The number of hydrogen-bond donors (Lipinski definition) is 2. The average molecular weight is 573 g/mol. The highest BCUT2D eigenvalue weighted by atomic mass is 32.2. The molecule has 0 bridgehead atoms. The lowest BCUT2D eigenvalue weighted by atomic mass is 10.1. The third-order valence-electron chi connectivity index (χ3n) is 5.75. The summed E-state index contributed by atoms with van der Waals surface area (Å²) in [7, 11) is -4.25. The van der Waals surface area contributed by atoms with E-state index in [0.717, 1.165) is 17.7 Å². The SMILES string of the molecule is Cc1cnc(C(OC(C)C)C(C)S(=O)(=O)Nc2nnc3n2[C@H](CO)COc2ccc(OC(F)(F)F)cc2-3)nc1. The molecule has 4 rings (SSSR count). The van der Waals surface area contributed by atoms with Gasteiger partial charge in [0.1, 0.15) is 29.5 Å². The molecule has 0 saturated carbocycles. The Kier molecular flexibility index (Phi) is 7.99. The number of ether oxygens (including phenoxy) is 3. The van der Waals surface area contributed by atoms with Crippen LogP contribution in [0.5, 0.6) is 11.5 Å². The highest BCUT2D eigenvalue weighted by Gasteiger charge is 2.37. The van der Waals surface area contributed by atoms with Crippen molar-refractivity contribution in [2.45, 2.75) is 57.6 Å². The number of nitrogens with zero attached hydrogens (tertiary/aromatic N) is 5. The van der Waals surface area contributed by atoms with Crippen molar-refractivity contribution >= 4 is 16.0 Å². The van der Waals surface area contributed by atoms with E-state index in [1.165, 1.54) is 17.6 Å². The molecule has 212 valence electrons. The molecule has 39 heavy (non-hydrogen) atoms. The van der Waals surface area contributed by atoms with E-state index in [0.29, 0.717) is 0 Å². The number of rotatable bonds is 9. The van der Waals surface area contributed by atoms with Gasteiger partial charge in [-0.25, -0.2) is 18.4 Å². The molecule has 12 nitrogen and oxygen atoms in total. The smallest absolute Gasteiger partial charge is 0.491 e. The van der Waals surface area contributed by atoms with Crippen LogP contribution in [0.2, 0.25) is 0 Å². The van der Waals surface area contributed by atoms with E-state index in [1.54, 1.807) is 33.2 Å². The van der Waals surface area contributed by atoms with E-state index in [1.807, 2.05) is 0 Å². The molecule has 3 atom stereocenters. The molecule has 0 spiro atoms. The highest BCUT2D eigenvalue weighted by Crippen LogP contribution is 2.39. The van der Waals surface area contributed by atoms with E-state index < -0.39 is 46.1 Å². The van der Waals surface area contributed by atoms with E-state index in [-0.39, 0.29) is 41.6 Å². The van der Waals surface area contributed by atoms with Gasteiger partial charge in [0.2, 0.25) is 16.0 Å². The maximum absolute atomic E-state index is 13.5. The molecule has 0 aliphatic carbocycles. The fourth-order valence-electron chi connectivity index (χ4n) is 3.90. The van der Waals surface area contributed by atoms with Crippen molar-refractivity contribution in [3.05, 3.63) is 42.0 Å². The second-order valence-corrected chi connectivity index (χ2v) is 11.2. The van der Waals surface area contributed by atoms with Gasteiger partial charge < -0.3 is 19.3 Å². The van der Waals surface area contributed by atoms with Gasteiger partial charge in [0.05, 0.1) is 24.3 Å². The number of halogens is 3. The van der Waals surface area contributed by atoms with Crippen LogP contribution in [0.25, 0.3) is 11.4 Å². The van der Waals surface area contributed by atoms with E-state index in [4.69, 9.17) is 9.47 Å². The second kappa shape index (κ2) is 10.9. The van der Waals surface area contributed by atoms with Crippen LogP contribution < -0.4 is 14.2 Å². The van der Waals surface area contributed by atoms with Gasteiger partial charge in [-0.1, -0.05) is 0 Å². The van der Waals surface area contributed by atoms with Crippen LogP contribution in [-0.4, -0.2) is 69.2 Å². The zero-order valence-corrected chi connectivity index (χ0v) is 22.2. The van der Waals surface area contributed by atoms with Crippen molar-refractivity contribution in [3.63, 3.8) is 0 Å². The predicted octanol–water partition coefficient (Wildman–Crippen LogP) is 3.16. The zero-order valence-electron chi connectivity index (χ0n) is 21.4. The molecule has 0 radical (unpaired) electrons. The second-order valence-electron chi connectivity index (χ2n) is 9.15. The number of aryl methyl sites for hydroxylation is 1. The Balaban J connectivity index is 1.71. The van der Waals surface area contributed by atoms with Crippen LogP contribution in [-0.2, 0) is 14.8 Å². The number of anilines is 1. The monoisotopic (exact) mass is 572 g/mol. The first kappa shape index (κ1) is 28.5. The maximum atomic E-state index is 13.5. The zero-order chi connectivity index (χ0) is 28.5. The van der Waals surface area contributed by atoms with Crippen LogP contribution >= 0.6 is 0 Å². The van der Waals surface area contributed by atoms with Crippen LogP contribution in [0.1, 0.15) is 44.3 Å². The molecule has 1 aliphatic rings. The number of benzene rings is 1. The van der Waals surface area contributed by atoms with Crippen molar-refractivity contribution in [3.8, 4) is 22.9 Å².